The van der Waals surface area contributed by atoms with E-state index in [2.05, 4.69) is 21.6 Å². The van der Waals surface area contributed by atoms with Gasteiger partial charge < -0.3 is 10.4 Å². The number of nitrogens with zero attached hydrogens (tertiary/aromatic N) is 3. The third kappa shape index (κ3) is 4.19. The summed E-state index contributed by atoms with van der Waals surface area (Å²) in [5.41, 5.74) is 4.96. The molecule has 1 amide bonds. The van der Waals surface area contributed by atoms with E-state index in [1.54, 1.807) is 0 Å². The second-order valence-electron chi connectivity index (χ2n) is 6.83. The number of carbonyl (C=O) groups excluding carboxylic acids is 1. The summed E-state index contributed by atoms with van der Waals surface area (Å²) in [6, 6.07) is 5.86. The van der Waals surface area contributed by atoms with Gasteiger partial charge in [-0.2, -0.15) is 4.80 Å². The predicted octanol–water partition coefficient (Wildman–Crippen LogP) is 3.00. The van der Waals surface area contributed by atoms with Gasteiger partial charge in [0.1, 0.15) is 5.69 Å². The van der Waals surface area contributed by atoms with Crippen LogP contribution in [-0.4, -0.2) is 32.6 Å². The molecule has 1 aromatic carbocycles. The van der Waals surface area contributed by atoms with Crippen molar-refractivity contribution in [2.45, 2.75) is 52.6 Å². The van der Waals surface area contributed by atoms with Gasteiger partial charge in [0.2, 0.25) is 0 Å². The Morgan fingerprint density at radius 2 is 2.08 bits per heavy atom. The van der Waals surface area contributed by atoms with Gasteiger partial charge in [-0.15, -0.1) is 10.2 Å². The Morgan fingerprint density at radius 3 is 2.77 bits per heavy atom. The molecule has 26 heavy (non-hydrogen) atoms. The Morgan fingerprint density at radius 1 is 1.23 bits per heavy atom. The molecule has 0 aliphatic heterocycles. The van der Waals surface area contributed by atoms with Crippen LogP contribution in [0.3, 0.4) is 0 Å². The van der Waals surface area contributed by atoms with Crippen molar-refractivity contribution in [2.75, 3.05) is 6.54 Å². The van der Waals surface area contributed by atoms with Crippen molar-refractivity contribution < 1.29 is 9.90 Å². The number of hydrogen-bond donors (Lipinski definition) is 2. The highest BCUT2D eigenvalue weighted by Gasteiger charge is 2.19. The molecule has 1 aliphatic rings. The summed E-state index contributed by atoms with van der Waals surface area (Å²) in [5.74, 6) is -0.291. The fourth-order valence-electron chi connectivity index (χ4n) is 3.14. The van der Waals surface area contributed by atoms with Crippen LogP contribution in [-0.2, 0) is 6.61 Å². The molecule has 1 heterocycles. The molecule has 0 fully saturated rings. The average Bonchev–Trinajstić information content (AvgIpc) is 3.09. The quantitative estimate of drug-likeness (QED) is 0.782. The highest BCUT2D eigenvalue weighted by molar-refractivity contribution is 5.93. The number of benzene rings is 1. The number of aryl methyl sites for hydroxylation is 2. The summed E-state index contributed by atoms with van der Waals surface area (Å²) in [5, 5.41) is 21.0. The van der Waals surface area contributed by atoms with Gasteiger partial charge in [0, 0.05) is 6.54 Å². The molecule has 6 heteroatoms. The number of carbonyl (C=O) groups is 1. The van der Waals surface area contributed by atoms with E-state index >= 15 is 0 Å². The number of amides is 1. The number of aliphatic hydroxyl groups is 1. The zero-order valence-electron chi connectivity index (χ0n) is 15.5. The van der Waals surface area contributed by atoms with Gasteiger partial charge in [0.15, 0.2) is 5.69 Å². The van der Waals surface area contributed by atoms with E-state index in [0.29, 0.717) is 6.54 Å². The molecule has 2 N–H and O–H groups in total. The fraction of sp³-hybridized carbons (Fsp3) is 0.450. The maximum absolute atomic E-state index is 12.5. The SMILES string of the molecule is Cc1ccc(-n2nc(CO)c(C(=O)NCCC3=CCCCC3)n2)cc1C. The third-order valence-electron chi connectivity index (χ3n) is 4.89. The lowest BCUT2D eigenvalue weighted by atomic mass is 9.97. The molecule has 0 unspecified atom stereocenters. The van der Waals surface area contributed by atoms with Crippen molar-refractivity contribution in [3.05, 3.63) is 52.4 Å². The van der Waals surface area contributed by atoms with Crippen LogP contribution in [0, 0.1) is 13.8 Å². The van der Waals surface area contributed by atoms with Crippen LogP contribution < -0.4 is 5.32 Å². The summed E-state index contributed by atoms with van der Waals surface area (Å²) in [7, 11) is 0. The van der Waals surface area contributed by atoms with Gasteiger partial charge in [-0.05, 0) is 69.2 Å². The maximum Gasteiger partial charge on any atom is 0.273 e. The highest BCUT2D eigenvalue weighted by Crippen LogP contribution is 2.19. The minimum absolute atomic E-state index is 0.184. The van der Waals surface area contributed by atoms with Gasteiger partial charge in [0.05, 0.1) is 12.3 Å². The summed E-state index contributed by atoms with van der Waals surface area (Å²) >= 11 is 0. The van der Waals surface area contributed by atoms with Crippen molar-refractivity contribution in [1.29, 1.82) is 0 Å². The van der Waals surface area contributed by atoms with Crippen molar-refractivity contribution in [3.63, 3.8) is 0 Å². The molecule has 0 saturated carbocycles. The monoisotopic (exact) mass is 354 g/mol. The highest BCUT2D eigenvalue weighted by atomic mass is 16.3. The van der Waals surface area contributed by atoms with Crippen molar-refractivity contribution >= 4 is 5.91 Å². The number of nitrogens with one attached hydrogen (secondary N) is 1. The Bertz CT molecular complexity index is 823. The zero-order valence-corrected chi connectivity index (χ0v) is 15.5. The molecule has 6 nitrogen and oxygen atoms in total. The minimum atomic E-state index is -0.321. The molecule has 0 atom stereocenters. The maximum atomic E-state index is 12.5. The van der Waals surface area contributed by atoms with E-state index in [1.807, 2.05) is 32.0 Å². The normalized spacial score (nSPS) is 14.2. The molecule has 0 spiro atoms. The number of hydrogen-bond acceptors (Lipinski definition) is 4. The Hall–Kier alpha value is -2.47. The molecular formula is C20H26N4O2. The largest absolute Gasteiger partial charge is 0.390 e. The number of aliphatic hydroxyl groups excluding tert-OH is 1. The van der Waals surface area contributed by atoms with Crippen LogP contribution in [0.1, 0.15) is 59.4 Å². The lowest BCUT2D eigenvalue weighted by molar-refractivity contribution is 0.0945. The smallest absolute Gasteiger partial charge is 0.273 e. The second-order valence-corrected chi connectivity index (χ2v) is 6.83. The minimum Gasteiger partial charge on any atom is -0.390 e. The first-order chi connectivity index (χ1) is 12.6. The zero-order chi connectivity index (χ0) is 18.5. The van der Waals surface area contributed by atoms with Crippen molar-refractivity contribution in [2.24, 2.45) is 0 Å². The molecule has 1 aromatic heterocycles. The molecular weight excluding hydrogens is 328 g/mol. The van der Waals surface area contributed by atoms with Crippen LogP contribution in [0.4, 0.5) is 0 Å². The van der Waals surface area contributed by atoms with Crippen molar-refractivity contribution in [1.82, 2.24) is 20.3 Å². The van der Waals surface area contributed by atoms with Gasteiger partial charge in [-0.25, -0.2) is 0 Å². The summed E-state index contributed by atoms with van der Waals surface area (Å²) < 4.78 is 0. The molecule has 0 bridgehead atoms. The van der Waals surface area contributed by atoms with E-state index in [0.717, 1.165) is 30.5 Å². The topological polar surface area (TPSA) is 80.0 Å². The van der Waals surface area contributed by atoms with Crippen LogP contribution in [0.25, 0.3) is 5.69 Å². The first kappa shape index (κ1) is 18.3. The molecule has 138 valence electrons. The van der Waals surface area contributed by atoms with E-state index in [1.165, 1.54) is 28.8 Å². The Labute approximate surface area is 153 Å². The lowest BCUT2D eigenvalue weighted by Crippen LogP contribution is -2.26. The van der Waals surface area contributed by atoms with Crippen LogP contribution >= 0.6 is 0 Å². The van der Waals surface area contributed by atoms with Gasteiger partial charge in [-0.3, -0.25) is 4.79 Å². The molecule has 3 rings (SSSR count). The standard InChI is InChI=1S/C20H26N4O2/c1-14-8-9-17(12-15(14)2)24-22-18(13-25)19(23-24)20(26)21-11-10-16-6-4-3-5-7-16/h6,8-9,12,25H,3-5,7,10-11,13H2,1-2H3,(H,21,26). The van der Waals surface area contributed by atoms with Crippen LogP contribution in [0.15, 0.2) is 29.8 Å². The van der Waals surface area contributed by atoms with E-state index in [9.17, 15) is 9.90 Å². The molecule has 2 aromatic rings. The summed E-state index contributed by atoms with van der Waals surface area (Å²) in [6.07, 6.45) is 7.91. The summed E-state index contributed by atoms with van der Waals surface area (Å²) in [6.45, 7) is 4.31. The van der Waals surface area contributed by atoms with E-state index in [-0.39, 0.29) is 23.9 Å². The average molecular weight is 354 g/mol. The Kier molecular flexibility index (Phi) is 5.83. The number of allylic oxidation sites excluding steroid dienone is 1. The Balaban J connectivity index is 1.70. The molecule has 0 saturated heterocycles. The van der Waals surface area contributed by atoms with Crippen LogP contribution in [0.2, 0.25) is 0 Å². The second kappa shape index (κ2) is 8.27. The van der Waals surface area contributed by atoms with E-state index in [4.69, 9.17) is 0 Å². The lowest BCUT2D eigenvalue weighted by Gasteiger charge is -2.12. The van der Waals surface area contributed by atoms with Crippen LogP contribution in [0.5, 0.6) is 0 Å². The molecule has 1 aliphatic carbocycles. The first-order valence-corrected chi connectivity index (χ1v) is 9.19. The fourth-order valence-corrected chi connectivity index (χ4v) is 3.14. The van der Waals surface area contributed by atoms with Gasteiger partial charge in [0.25, 0.3) is 5.91 Å². The third-order valence-corrected chi connectivity index (χ3v) is 4.89. The molecule has 0 radical (unpaired) electrons. The summed E-state index contributed by atoms with van der Waals surface area (Å²) in [4.78, 5) is 13.9. The van der Waals surface area contributed by atoms with Crippen molar-refractivity contribution in [3.8, 4) is 5.69 Å². The van der Waals surface area contributed by atoms with Gasteiger partial charge >= 0.3 is 0 Å². The predicted molar refractivity (Wildman–Crippen MR) is 100 cm³/mol. The van der Waals surface area contributed by atoms with Gasteiger partial charge in [-0.1, -0.05) is 17.7 Å². The van der Waals surface area contributed by atoms with E-state index < -0.39 is 0 Å². The first-order valence-electron chi connectivity index (χ1n) is 9.19. The number of rotatable bonds is 6. The number of aromatic nitrogens is 3.